The Labute approximate surface area is 116 Å². The van der Waals surface area contributed by atoms with Gasteiger partial charge in [0.15, 0.2) is 0 Å². The van der Waals surface area contributed by atoms with E-state index >= 15 is 0 Å². The van der Waals surface area contributed by atoms with Crippen molar-refractivity contribution in [3.8, 4) is 5.75 Å². The van der Waals surface area contributed by atoms with E-state index in [4.69, 9.17) is 0 Å². The van der Waals surface area contributed by atoms with Gasteiger partial charge in [-0.3, -0.25) is 14.9 Å². The Hall–Kier alpha value is -1.93. The van der Waals surface area contributed by atoms with E-state index in [0.29, 0.717) is 0 Å². The molecule has 0 spiro atoms. The highest BCUT2D eigenvalue weighted by atomic mass is 32.2. The molecule has 0 aliphatic carbocycles. The summed E-state index contributed by atoms with van der Waals surface area (Å²) in [6.07, 6.45) is 0.260. The Kier molecular flexibility index (Phi) is 3.78. The number of hydrogen-bond acceptors (Lipinski definition) is 5. The number of phenolic OH excluding ortho intramolecular Hbond substituents is 1. The van der Waals surface area contributed by atoms with Crippen LogP contribution in [0.25, 0.3) is 0 Å². The molecule has 1 aromatic carbocycles. The van der Waals surface area contributed by atoms with Crippen LogP contribution in [-0.4, -0.2) is 42.2 Å². The normalized spacial score (nSPS) is 20.8. The Morgan fingerprint density at radius 1 is 1.30 bits per heavy atom. The lowest BCUT2D eigenvalue weighted by Gasteiger charge is -2.32. The molecule has 0 aromatic heterocycles. The number of imide groups is 1. The molecule has 7 nitrogen and oxygen atoms in total. The van der Waals surface area contributed by atoms with Crippen LogP contribution in [0.5, 0.6) is 5.75 Å². The van der Waals surface area contributed by atoms with Crippen molar-refractivity contribution in [1.82, 2.24) is 9.62 Å². The smallest absolute Gasteiger partial charge is 0.245 e. The number of rotatable bonds is 3. The average Bonchev–Trinajstić information content (AvgIpc) is 2.38. The monoisotopic (exact) mass is 298 g/mol. The summed E-state index contributed by atoms with van der Waals surface area (Å²) >= 11 is 0. The Morgan fingerprint density at radius 3 is 2.45 bits per heavy atom. The summed E-state index contributed by atoms with van der Waals surface area (Å²) in [4.78, 5) is 23.0. The summed E-state index contributed by atoms with van der Waals surface area (Å²) in [6, 6.07) is 4.02. The van der Waals surface area contributed by atoms with Gasteiger partial charge >= 0.3 is 0 Å². The molecule has 108 valence electrons. The van der Waals surface area contributed by atoms with Crippen molar-refractivity contribution in [2.75, 3.05) is 6.54 Å². The van der Waals surface area contributed by atoms with Gasteiger partial charge in [0.05, 0.1) is 11.4 Å². The largest absolute Gasteiger partial charge is 0.508 e. The van der Waals surface area contributed by atoms with E-state index in [2.05, 4.69) is 5.32 Å². The molecule has 8 heteroatoms. The van der Waals surface area contributed by atoms with Crippen LogP contribution >= 0.6 is 0 Å². The lowest BCUT2D eigenvalue weighted by molar-refractivity contribution is -0.137. The number of benzene rings is 1. The molecule has 1 aliphatic heterocycles. The number of piperazine rings is 1. The highest BCUT2D eigenvalue weighted by Gasteiger charge is 2.40. The molecular weight excluding hydrogens is 284 g/mol. The number of phenols is 1. The number of amides is 2. The minimum Gasteiger partial charge on any atom is -0.508 e. The lowest BCUT2D eigenvalue weighted by atomic mass is 10.2. The first-order chi connectivity index (χ1) is 9.36. The van der Waals surface area contributed by atoms with Gasteiger partial charge in [-0.2, -0.15) is 4.31 Å². The molecule has 1 unspecified atom stereocenters. The minimum atomic E-state index is -3.97. The maximum atomic E-state index is 12.5. The first-order valence-corrected chi connectivity index (χ1v) is 7.45. The van der Waals surface area contributed by atoms with Crippen molar-refractivity contribution in [3.63, 3.8) is 0 Å². The zero-order chi connectivity index (χ0) is 14.9. The topological polar surface area (TPSA) is 104 Å². The van der Waals surface area contributed by atoms with E-state index in [1.54, 1.807) is 6.92 Å². The molecule has 2 amide bonds. The van der Waals surface area contributed by atoms with Crippen molar-refractivity contribution in [2.45, 2.75) is 24.3 Å². The van der Waals surface area contributed by atoms with Crippen molar-refractivity contribution < 1.29 is 23.1 Å². The third-order valence-electron chi connectivity index (χ3n) is 3.04. The van der Waals surface area contributed by atoms with E-state index in [1.807, 2.05) is 0 Å². The first-order valence-electron chi connectivity index (χ1n) is 6.01. The summed E-state index contributed by atoms with van der Waals surface area (Å²) in [6.45, 7) is 1.27. The SMILES string of the molecule is CCC1C(=O)NC(=O)CN1S(=O)(=O)c1ccc(O)cc1. The highest BCUT2D eigenvalue weighted by Crippen LogP contribution is 2.23. The summed E-state index contributed by atoms with van der Waals surface area (Å²) in [5.74, 6) is -1.34. The van der Waals surface area contributed by atoms with Gasteiger partial charge < -0.3 is 5.11 Å². The van der Waals surface area contributed by atoms with Gasteiger partial charge in [0, 0.05) is 0 Å². The zero-order valence-electron chi connectivity index (χ0n) is 10.7. The predicted octanol–water partition coefficient (Wildman–Crippen LogP) is -0.182. The fourth-order valence-electron chi connectivity index (χ4n) is 2.04. The minimum absolute atomic E-state index is 0.0662. The van der Waals surface area contributed by atoms with Crippen LogP contribution in [0.3, 0.4) is 0 Å². The van der Waals surface area contributed by atoms with Gasteiger partial charge in [-0.05, 0) is 30.7 Å². The number of aromatic hydroxyl groups is 1. The molecule has 2 N–H and O–H groups in total. The summed E-state index contributed by atoms with van der Waals surface area (Å²) < 4.78 is 25.8. The average molecular weight is 298 g/mol. The van der Waals surface area contributed by atoms with Gasteiger partial charge in [0.1, 0.15) is 11.8 Å². The summed E-state index contributed by atoms with van der Waals surface area (Å²) in [5, 5.41) is 11.3. The van der Waals surface area contributed by atoms with Crippen LogP contribution in [0.15, 0.2) is 29.2 Å². The fourth-order valence-corrected chi connectivity index (χ4v) is 3.66. The van der Waals surface area contributed by atoms with Crippen molar-refractivity contribution >= 4 is 21.8 Å². The molecule has 0 radical (unpaired) electrons. The predicted molar refractivity (Wildman–Crippen MR) is 69.2 cm³/mol. The second-order valence-corrected chi connectivity index (χ2v) is 6.27. The third kappa shape index (κ3) is 2.52. The molecule has 0 saturated carbocycles. The van der Waals surface area contributed by atoms with E-state index in [9.17, 15) is 23.1 Å². The second kappa shape index (κ2) is 5.22. The van der Waals surface area contributed by atoms with Gasteiger partial charge in [-0.25, -0.2) is 8.42 Å². The molecule has 2 rings (SSSR count). The fraction of sp³-hybridized carbons (Fsp3) is 0.333. The van der Waals surface area contributed by atoms with Gasteiger partial charge in [-0.15, -0.1) is 0 Å². The number of nitrogens with one attached hydrogen (secondary N) is 1. The van der Waals surface area contributed by atoms with Crippen LogP contribution in [0, 0.1) is 0 Å². The van der Waals surface area contributed by atoms with Crippen molar-refractivity contribution in [1.29, 1.82) is 0 Å². The van der Waals surface area contributed by atoms with Gasteiger partial charge in [-0.1, -0.05) is 6.92 Å². The summed E-state index contributed by atoms with van der Waals surface area (Å²) in [5.41, 5.74) is 0. The maximum absolute atomic E-state index is 12.5. The van der Waals surface area contributed by atoms with Crippen LogP contribution in [0.4, 0.5) is 0 Å². The number of sulfonamides is 1. The first kappa shape index (κ1) is 14.5. The molecule has 0 bridgehead atoms. The van der Waals surface area contributed by atoms with E-state index in [1.165, 1.54) is 24.3 Å². The zero-order valence-corrected chi connectivity index (χ0v) is 11.6. The van der Waals surface area contributed by atoms with Gasteiger partial charge in [0.2, 0.25) is 21.8 Å². The molecule has 20 heavy (non-hydrogen) atoms. The van der Waals surface area contributed by atoms with Gasteiger partial charge in [0.25, 0.3) is 0 Å². The van der Waals surface area contributed by atoms with Crippen molar-refractivity contribution in [3.05, 3.63) is 24.3 Å². The summed E-state index contributed by atoms with van der Waals surface area (Å²) in [7, 11) is -3.97. The van der Waals surface area contributed by atoms with Crippen LogP contribution in [-0.2, 0) is 19.6 Å². The molecule has 1 saturated heterocycles. The van der Waals surface area contributed by atoms with Crippen LogP contribution in [0.1, 0.15) is 13.3 Å². The number of nitrogens with zero attached hydrogens (tertiary/aromatic N) is 1. The lowest BCUT2D eigenvalue weighted by Crippen LogP contribution is -2.59. The van der Waals surface area contributed by atoms with Crippen LogP contribution < -0.4 is 5.32 Å². The van der Waals surface area contributed by atoms with E-state index in [0.717, 1.165) is 4.31 Å². The molecular formula is C12H14N2O5S. The number of hydrogen-bond donors (Lipinski definition) is 2. The Morgan fingerprint density at radius 2 is 1.90 bits per heavy atom. The second-order valence-electron chi connectivity index (χ2n) is 4.38. The molecule has 1 atom stereocenters. The quantitative estimate of drug-likeness (QED) is 0.753. The van der Waals surface area contributed by atoms with Crippen molar-refractivity contribution in [2.24, 2.45) is 0 Å². The maximum Gasteiger partial charge on any atom is 0.245 e. The highest BCUT2D eigenvalue weighted by molar-refractivity contribution is 7.89. The molecule has 1 heterocycles. The van der Waals surface area contributed by atoms with E-state index in [-0.39, 0.29) is 17.1 Å². The molecule has 1 aromatic rings. The standard InChI is InChI=1S/C12H14N2O5S/c1-2-10-12(17)13-11(16)7-14(10)20(18,19)9-5-3-8(15)4-6-9/h3-6,10,15H,2,7H2,1H3,(H,13,16,17). The Bertz CT molecular complexity index is 638. The third-order valence-corrected chi connectivity index (χ3v) is 4.91. The van der Waals surface area contributed by atoms with E-state index < -0.39 is 34.4 Å². The number of carbonyl (C=O) groups is 2. The molecule has 1 aliphatic rings. The Balaban J connectivity index is 2.43. The number of carbonyl (C=O) groups excluding carboxylic acids is 2. The molecule has 1 fully saturated rings. The van der Waals surface area contributed by atoms with Crippen LogP contribution in [0.2, 0.25) is 0 Å².